The summed E-state index contributed by atoms with van der Waals surface area (Å²) < 4.78 is 24.5. The standard InChI is InChI=1S/C19H36O5/c1-11(9-20)15-13(3)17(24-19(7,8)23-15)14(4)16-12(2)10-21-18(5,6)22-16/h11-17,20H,9-10H2,1-8H3/t11-,12+,13+,14-,15-,16+,17+/m1/s1. The van der Waals surface area contributed by atoms with Gasteiger partial charge in [-0.25, -0.2) is 0 Å². The van der Waals surface area contributed by atoms with Gasteiger partial charge in [-0.05, 0) is 27.7 Å². The van der Waals surface area contributed by atoms with Crippen LogP contribution in [0, 0.1) is 23.7 Å². The van der Waals surface area contributed by atoms with E-state index in [-0.39, 0.29) is 42.7 Å². The van der Waals surface area contributed by atoms with Crippen LogP contribution in [0.2, 0.25) is 0 Å². The van der Waals surface area contributed by atoms with Crippen LogP contribution < -0.4 is 0 Å². The summed E-state index contributed by atoms with van der Waals surface area (Å²) in [6.45, 7) is 17.2. The van der Waals surface area contributed by atoms with E-state index in [0.717, 1.165) is 0 Å². The van der Waals surface area contributed by atoms with Crippen LogP contribution in [0.5, 0.6) is 0 Å². The number of rotatable bonds is 4. The van der Waals surface area contributed by atoms with Gasteiger partial charge in [-0.3, -0.25) is 0 Å². The second kappa shape index (κ2) is 7.20. The lowest BCUT2D eigenvalue weighted by Crippen LogP contribution is -2.58. The smallest absolute Gasteiger partial charge is 0.163 e. The van der Waals surface area contributed by atoms with Gasteiger partial charge in [0.25, 0.3) is 0 Å². The second-order valence-electron chi connectivity index (χ2n) is 8.71. The molecule has 24 heavy (non-hydrogen) atoms. The minimum Gasteiger partial charge on any atom is -0.396 e. The van der Waals surface area contributed by atoms with E-state index in [0.29, 0.717) is 12.5 Å². The van der Waals surface area contributed by atoms with E-state index in [4.69, 9.17) is 18.9 Å². The molecule has 0 aromatic carbocycles. The van der Waals surface area contributed by atoms with E-state index in [9.17, 15) is 5.11 Å². The molecule has 0 radical (unpaired) electrons. The highest BCUT2D eigenvalue weighted by Gasteiger charge is 2.48. The number of aliphatic hydroxyl groups is 1. The maximum absolute atomic E-state index is 9.60. The highest BCUT2D eigenvalue weighted by atomic mass is 16.7. The predicted octanol–water partition coefficient (Wildman–Crippen LogP) is 3.19. The largest absolute Gasteiger partial charge is 0.396 e. The summed E-state index contributed by atoms with van der Waals surface area (Å²) in [5.41, 5.74) is 0. The van der Waals surface area contributed by atoms with Crippen molar-refractivity contribution in [2.45, 2.75) is 85.3 Å². The fourth-order valence-electron chi connectivity index (χ4n) is 4.13. The molecule has 7 atom stereocenters. The third-order valence-corrected chi connectivity index (χ3v) is 5.44. The van der Waals surface area contributed by atoms with Gasteiger partial charge in [0, 0.05) is 30.3 Å². The number of ether oxygens (including phenoxy) is 4. The van der Waals surface area contributed by atoms with Crippen molar-refractivity contribution in [1.29, 1.82) is 0 Å². The van der Waals surface area contributed by atoms with Gasteiger partial charge < -0.3 is 24.1 Å². The molecule has 5 heteroatoms. The SMILES string of the molecule is C[C@@H]1[C@@H]([C@H](C)[C@H]2OC(C)(C)OC[C@@H]2C)OC(C)(C)O[C@@H]1[C@H](C)CO. The van der Waals surface area contributed by atoms with Gasteiger partial charge in [0.2, 0.25) is 0 Å². The molecular weight excluding hydrogens is 308 g/mol. The van der Waals surface area contributed by atoms with E-state index in [2.05, 4.69) is 20.8 Å². The molecule has 2 saturated heterocycles. The first-order valence-corrected chi connectivity index (χ1v) is 9.25. The van der Waals surface area contributed by atoms with Crippen molar-refractivity contribution in [2.24, 2.45) is 23.7 Å². The van der Waals surface area contributed by atoms with Crippen molar-refractivity contribution < 1.29 is 24.1 Å². The van der Waals surface area contributed by atoms with Gasteiger partial charge in [-0.1, -0.05) is 27.7 Å². The average Bonchev–Trinajstić information content (AvgIpc) is 2.50. The molecule has 2 aliphatic heterocycles. The molecule has 0 aromatic heterocycles. The van der Waals surface area contributed by atoms with Crippen LogP contribution in [0.15, 0.2) is 0 Å². The Morgan fingerprint density at radius 2 is 1.46 bits per heavy atom. The lowest BCUT2D eigenvalue weighted by atomic mass is 9.78. The van der Waals surface area contributed by atoms with Crippen LogP contribution >= 0.6 is 0 Å². The van der Waals surface area contributed by atoms with Gasteiger partial charge in [-0.2, -0.15) is 0 Å². The fraction of sp³-hybridized carbons (Fsp3) is 1.00. The molecule has 0 aromatic rings. The Hall–Kier alpha value is -0.200. The van der Waals surface area contributed by atoms with Crippen molar-refractivity contribution in [3.8, 4) is 0 Å². The van der Waals surface area contributed by atoms with Crippen LogP contribution in [-0.4, -0.2) is 48.2 Å². The minimum absolute atomic E-state index is 0.00843. The lowest BCUT2D eigenvalue weighted by Gasteiger charge is -2.51. The Morgan fingerprint density at radius 1 is 0.917 bits per heavy atom. The Bertz CT molecular complexity index is 422. The van der Waals surface area contributed by atoms with Crippen LogP contribution in [0.25, 0.3) is 0 Å². The normalized spacial score (nSPS) is 41.6. The first kappa shape index (κ1) is 20.1. The summed E-state index contributed by atoms with van der Waals surface area (Å²) in [6.07, 6.45) is 0.0450. The highest BCUT2D eigenvalue weighted by Crippen LogP contribution is 2.41. The molecule has 0 spiro atoms. The summed E-state index contributed by atoms with van der Waals surface area (Å²) in [4.78, 5) is 0. The molecule has 0 bridgehead atoms. The molecule has 0 unspecified atom stereocenters. The highest BCUT2D eigenvalue weighted by molar-refractivity contribution is 4.92. The molecule has 0 saturated carbocycles. The lowest BCUT2D eigenvalue weighted by molar-refractivity contribution is -0.354. The Balaban J connectivity index is 2.20. The number of hydrogen-bond acceptors (Lipinski definition) is 5. The summed E-state index contributed by atoms with van der Waals surface area (Å²) in [5.74, 6) is -0.464. The molecule has 2 heterocycles. The zero-order chi connectivity index (χ0) is 18.3. The average molecular weight is 344 g/mol. The molecular formula is C19H36O5. The van der Waals surface area contributed by atoms with Gasteiger partial charge in [0.15, 0.2) is 11.6 Å². The van der Waals surface area contributed by atoms with Gasteiger partial charge in [-0.15, -0.1) is 0 Å². The van der Waals surface area contributed by atoms with Gasteiger partial charge in [0.05, 0.1) is 24.9 Å². The van der Waals surface area contributed by atoms with E-state index < -0.39 is 11.6 Å². The van der Waals surface area contributed by atoms with Crippen LogP contribution in [0.4, 0.5) is 0 Å². The quantitative estimate of drug-likeness (QED) is 0.849. The molecule has 0 aliphatic carbocycles. The molecule has 5 nitrogen and oxygen atoms in total. The Kier molecular flexibility index (Phi) is 6.03. The number of aliphatic hydroxyl groups excluding tert-OH is 1. The third kappa shape index (κ3) is 4.31. The maximum atomic E-state index is 9.60. The zero-order valence-corrected chi connectivity index (χ0v) is 16.5. The molecule has 142 valence electrons. The summed E-state index contributed by atoms with van der Waals surface area (Å²) in [5, 5.41) is 9.60. The Labute approximate surface area is 147 Å². The first-order valence-electron chi connectivity index (χ1n) is 9.25. The van der Waals surface area contributed by atoms with Crippen molar-refractivity contribution in [1.82, 2.24) is 0 Å². The van der Waals surface area contributed by atoms with Crippen molar-refractivity contribution in [3.63, 3.8) is 0 Å². The molecule has 2 aliphatic rings. The molecule has 0 amide bonds. The van der Waals surface area contributed by atoms with E-state index in [1.54, 1.807) is 0 Å². The van der Waals surface area contributed by atoms with Crippen molar-refractivity contribution in [3.05, 3.63) is 0 Å². The second-order valence-corrected chi connectivity index (χ2v) is 8.71. The van der Waals surface area contributed by atoms with Crippen LogP contribution in [0.3, 0.4) is 0 Å². The zero-order valence-electron chi connectivity index (χ0n) is 16.5. The topological polar surface area (TPSA) is 57.2 Å². The van der Waals surface area contributed by atoms with Gasteiger partial charge >= 0.3 is 0 Å². The van der Waals surface area contributed by atoms with Crippen LogP contribution in [0.1, 0.15) is 55.4 Å². The van der Waals surface area contributed by atoms with Crippen molar-refractivity contribution in [2.75, 3.05) is 13.2 Å². The summed E-state index contributed by atoms with van der Waals surface area (Å²) in [7, 11) is 0. The van der Waals surface area contributed by atoms with Crippen LogP contribution in [-0.2, 0) is 18.9 Å². The Morgan fingerprint density at radius 3 is 2.04 bits per heavy atom. The predicted molar refractivity (Wildman–Crippen MR) is 92.5 cm³/mol. The summed E-state index contributed by atoms with van der Waals surface area (Å²) >= 11 is 0. The van der Waals surface area contributed by atoms with E-state index in [1.807, 2.05) is 34.6 Å². The van der Waals surface area contributed by atoms with E-state index >= 15 is 0 Å². The minimum atomic E-state index is -0.663. The van der Waals surface area contributed by atoms with E-state index in [1.165, 1.54) is 0 Å². The fourth-order valence-corrected chi connectivity index (χ4v) is 4.13. The maximum Gasteiger partial charge on any atom is 0.163 e. The number of hydrogen-bond donors (Lipinski definition) is 1. The molecule has 1 N–H and O–H groups in total. The monoisotopic (exact) mass is 344 g/mol. The molecule has 2 rings (SSSR count). The molecule has 2 fully saturated rings. The third-order valence-electron chi connectivity index (χ3n) is 5.44. The van der Waals surface area contributed by atoms with Gasteiger partial charge in [0.1, 0.15) is 0 Å². The van der Waals surface area contributed by atoms with Crippen molar-refractivity contribution >= 4 is 0 Å². The summed E-state index contributed by atoms with van der Waals surface area (Å²) in [6, 6.07) is 0. The first-order chi connectivity index (χ1) is 11.0.